The van der Waals surface area contributed by atoms with Crippen LogP contribution >= 0.6 is 0 Å². The predicted octanol–water partition coefficient (Wildman–Crippen LogP) is 10.5. The maximum Gasteiger partial charge on any atom is 0.331 e. The lowest BCUT2D eigenvalue weighted by molar-refractivity contribution is -0.377. The summed E-state index contributed by atoms with van der Waals surface area (Å²) in [4.78, 5) is 29.8. The molecule has 0 amide bonds. The minimum Gasteiger partial charge on any atom is -0.454 e. The molecule has 434 valence electrons. The standard InChI is InChI=1S/C73H89NO8/c1-42-48-19-18-46(30-48)29-44-12-8-13-45(28-44)31-62-54-22-24-58-50(20-17-43-10-4-3-5-11-43)34-60(54)70(58)40-69(41-76)63-25-27-68-26-7-6-14-47-15-9-16-51(39-75)55(47)35-61(74-2)56-33-52(65(68)57-36-64(77)82-66(56)57)37-72(68,79)71(63,78)38-53-32-49(42)21-23-59(67(70)81-62)73(53,69)80/h3-5,8-13,15-16,28,36,41-42,46,48-50,52-54,56,58-63,65-67,74-75,78-80H,7,17-27,29-35,37-40H2,1-2H3/t42-,46+,48+,49-,50+,52+,53+,54-,56-,58+,59+,60+,61-,62+,63-,65-,66-,67-,68-,69+,70+,71+,72-,73+/m1/s1. The van der Waals surface area contributed by atoms with Crippen molar-refractivity contribution < 1.29 is 39.5 Å². The Labute approximate surface area is 486 Å². The molecule has 5 N–H and O–H groups in total. The third kappa shape index (κ3) is 7.15. The fraction of sp³-hybridized carbons (Fsp3) is 0.671. The summed E-state index contributed by atoms with van der Waals surface area (Å²) >= 11 is 0. The van der Waals surface area contributed by atoms with E-state index in [1.807, 2.05) is 25.2 Å². The Morgan fingerprint density at radius 1 is 0.793 bits per heavy atom. The molecule has 2 spiro atoms. The number of carbonyl (C=O) groups excluding carboxylic acids is 2. The van der Waals surface area contributed by atoms with E-state index in [1.165, 1.54) is 42.2 Å². The molecule has 9 heteroatoms. The van der Waals surface area contributed by atoms with Gasteiger partial charge in [-0.3, -0.25) is 0 Å². The van der Waals surface area contributed by atoms with E-state index in [2.05, 4.69) is 78.7 Å². The number of ether oxygens (including phenoxy) is 2. The fourth-order valence-electron chi connectivity index (χ4n) is 25.1. The van der Waals surface area contributed by atoms with Gasteiger partial charge in [-0.15, -0.1) is 0 Å². The van der Waals surface area contributed by atoms with Crippen LogP contribution in [-0.2, 0) is 51.4 Å². The number of fused-ring (bicyclic) bond motifs is 14. The third-order valence-corrected chi connectivity index (χ3v) is 28.0. The van der Waals surface area contributed by atoms with Gasteiger partial charge >= 0.3 is 5.97 Å². The molecular weight excluding hydrogens is 1020 g/mol. The maximum absolute atomic E-state index is 15.9. The van der Waals surface area contributed by atoms with Gasteiger partial charge in [0.1, 0.15) is 18.0 Å². The largest absolute Gasteiger partial charge is 0.454 e. The van der Waals surface area contributed by atoms with Crippen LogP contribution in [0.1, 0.15) is 156 Å². The van der Waals surface area contributed by atoms with Gasteiger partial charge in [-0.1, -0.05) is 85.5 Å². The van der Waals surface area contributed by atoms with E-state index in [9.17, 15) is 9.90 Å². The van der Waals surface area contributed by atoms with Crippen molar-refractivity contribution in [2.75, 3.05) is 7.05 Å². The topological polar surface area (TPSA) is 146 Å². The molecule has 3 heterocycles. The summed E-state index contributed by atoms with van der Waals surface area (Å²) in [6.07, 6.45) is 20.2. The molecular formula is C73H89NO8. The molecule has 24 atom stereocenters. The van der Waals surface area contributed by atoms with E-state index >= 15 is 20.1 Å². The molecule has 3 aromatic rings. The molecule has 0 unspecified atom stereocenters. The summed E-state index contributed by atoms with van der Waals surface area (Å²) in [5.41, 5.74) is 0.472. The number of hydrogen-bond acceptors (Lipinski definition) is 9. The van der Waals surface area contributed by atoms with E-state index in [0.717, 1.165) is 86.5 Å². The zero-order valence-corrected chi connectivity index (χ0v) is 48.7. The van der Waals surface area contributed by atoms with E-state index in [-0.39, 0.29) is 72.3 Å². The number of hydrogen-bond donors (Lipinski definition) is 5. The monoisotopic (exact) mass is 1110 g/mol. The molecule has 16 bridgehead atoms. The SMILES string of the molecule is CN[C@@H]1Cc2c(cccc2CO)C#CCC[C@]23CC[C@H]4[C@@](O)(C[C@@H]5C[C@H]6CC[C@H]7[C@H]8O[C@@H](Cc9cccc(c9)C[C@@H]9CC[C@@H](C9)[C@H]6C)[C@@H]6CC[C@H]9[C@@H](CCc%10ccccc%10)C[C@@H]6[C@@]89C[C@@]4(C=O)[C@]57O)[C@@]2(O)C[C@@H]2C[C@H]1[C@H]1OC(=O)C=C1[C@@H]23. The Kier molecular flexibility index (Phi) is 12.5. The van der Waals surface area contributed by atoms with Gasteiger partial charge in [0, 0.05) is 52.7 Å². The van der Waals surface area contributed by atoms with Crippen LogP contribution in [0.3, 0.4) is 0 Å². The first-order chi connectivity index (χ1) is 39.8. The average molecular weight is 1110 g/mol. The second kappa shape index (κ2) is 19.2. The first-order valence-electron chi connectivity index (χ1n) is 33.0. The van der Waals surface area contributed by atoms with Gasteiger partial charge < -0.3 is 40.0 Å². The highest BCUT2D eigenvalue weighted by Gasteiger charge is 2.86. The first-order valence-corrected chi connectivity index (χ1v) is 33.0. The number of carbonyl (C=O) groups is 2. The number of benzene rings is 3. The summed E-state index contributed by atoms with van der Waals surface area (Å²) in [5.74, 6) is 8.26. The lowest BCUT2D eigenvalue weighted by Gasteiger charge is -2.76. The van der Waals surface area contributed by atoms with E-state index in [1.54, 1.807) is 6.08 Å². The molecule has 0 radical (unpaired) electrons. The van der Waals surface area contributed by atoms with Crippen LogP contribution in [0.4, 0.5) is 0 Å². The van der Waals surface area contributed by atoms with Gasteiger partial charge in [0.05, 0.1) is 35.4 Å². The third-order valence-electron chi connectivity index (χ3n) is 28.0. The second-order valence-electron chi connectivity index (χ2n) is 30.3. The van der Waals surface area contributed by atoms with Gasteiger partial charge in [-0.05, 0) is 246 Å². The highest BCUT2D eigenvalue weighted by Crippen LogP contribution is 2.82. The molecule has 17 rings (SSSR count). The second-order valence-corrected chi connectivity index (χ2v) is 30.3. The predicted molar refractivity (Wildman–Crippen MR) is 312 cm³/mol. The molecule has 0 aromatic heterocycles. The number of nitrogens with one attached hydrogen (secondary N) is 1. The Hall–Kier alpha value is -4.14. The quantitative estimate of drug-likeness (QED) is 0.0925. The lowest BCUT2D eigenvalue weighted by Crippen LogP contribution is -2.83. The molecule has 9 saturated carbocycles. The highest BCUT2D eigenvalue weighted by molar-refractivity contribution is 5.86. The zero-order valence-electron chi connectivity index (χ0n) is 48.7. The molecule has 1 saturated heterocycles. The van der Waals surface area contributed by atoms with Gasteiger partial charge in [0.25, 0.3) is 0 Å². The van der Waals surface area contributed by atoms with Gasteiger partial charge in [0.15, 0.2) is 0 Å². The smallest absolute Gasteiger partial charge is 0.331 e. The minimum absolute atomic E-state index is 0.0163. The van der Waals surface area contributed by atoms with Crippen LogP contribution in [0.25, 0.3) is 0 Å². The van der Waals surface area contributed by atoms with Crippen molar-refractivity contribution in [3.05, 3.63) is 118 Å². The molecule has 10 fully saturated rings. The van der Waals surface area contributed by atoms with Gasteiger partial charge in [-0.2, -0.15) is 0 Å². The molecule has 3 aromatic carbocycles. The Bertz CT molecular complexity index is 3150. The summed E-state index contributed by atoms with van der Waals surface area (Å²) in [6.45, 7) is 2.41. The maximum atomic E-state index is 15.9. The van der Waals surface area contributed by atoms with Crippen LogP contribution in [-0.4, -0.2) is 80.9 Å². The highest BCUT2D eigenvalue weighted by atomic mass is 16.5. The van der Waals surface area contributed by atoms with Crippen molar-refractivity contribution in [2.45, 2.75) is 196 Å². The first kappa shape index (κ1) is 53.3. The fourth-order valence-corrected chi connectivity index (χ4v) is 25.1. The molecule has 3 aliphatic heterocycles. The molecule has 11 aliphatic carbocycles. The van der Waals surface area contributed by atoms with Crippen LogP contribution in [0.2, 0.25) is 0 Å². The van der Waals surface area contributed by atoms with Crippen molar-refractivity contribution in [1.29, 1.82) is 0 Å². The lowest BCUT2D eigenvalue weighted by atomic mass is 9.31. The van der Waals surface area contributed by atoms with Crippen LogP contribution in [0.5, 0.6) is 0 Å². The number of esters is 1. The van der Waals surface area contributed by atoms with Gasteiger partial charge in [0.2, 0.25) is 0 Å². The van der Waals surface area contributed by atoms with E-state index < -0.39 is 45.6 Å². The van der Waals surface area contributed by atoms with Crippen LogP contribution in [0.15, 0.2) is 84.4 Å². The minimum atomic E-state index is -1.73. The Morgan fingerprint density at radius 2 is 1.60 bits per heavy atom. The number of aldehydes is 1. The number of likely N-dealkylation sites (N-methyl/N-ethyl adjacent to an activating group) is 1. The average Bonchev–Trinajstić information content (AvgIpc) is 1.73. The number of rotatable bonds is 6. The van der Waals surface area contributed by atoms with E-state index in [0.29, 0.717) is 92.8 Å². The van der Waals surface area contributed by atoms with Crippen LogP contribution < -0.4 is 5.32 Å². The van der Waals surface area contributed by atoms with E-state index in [4.69, 9.17) is 9.47 Å². The summed E-state index contributed by atoms with van der Waals surface area (Å²) in [5, 5.41) is 59.8. The van der Waals surface area contributed by atoms with Crippen molar-refractivity contribution in [1.82, 2.24) is 5.32 Å². The summed E-state index contributed by atoms with van der Waals surface area (Å²) in [6, 6.07) is 26.4. The summed E-state index contributed by atoms with van der Waals surface area (Å²) < 4.78 is 14.6. The van der Waals surface area contributed by atoms with Crippen molar-refractivity contribution in [2.24, 2.45) is 99.1 Å². The van der Waals surface area contributed by atoms with Gasteiger partial charge in [-0.25, -0.2) is 4.79 Å². The Balaban J connectivity index is 0.873. The molecule has 9 nitrogen and oxygen atoms in total. The number of aliphatic hydroxyl groups is 4. The zero-order chi connectivity index (χ0) is 55.7. The van der Waals surface area contributed by atoms with Crippen molar-refractivity contribution in [3.63, 3.8) is 0 Å². The van der Waals surface area contributed by atoms with Crippen LogP contribution in [0, 0.1) is 111 Å². The number of aliphatic hydroxyl groups excluding tert-OH is 1. The van der Waals surface area contributed by atoms with Crippen molar-refractivity contribution >= 4 is 12.3 Å². The molecule has 82 heavy (non-hydrogen) atoms. The number of aryl methyl sites for hydroxylation is 1. The normalized spacial score (nSPS) is 48.8. The summed E-state index contributed by atoms with van der Waals surface area (Å²) in [7, 11) is 1.98. The molecule has 14 aliphatic rings. The van der Waals surface area contributed by atoms with Crippen molar-refractivity contribution in [3.8, 4) is 11.8 Å². The Morgan fingerprint density at radius 3 is 2.43 bits per heavy atom.